The second kappa shape index (κ2) is 11.0. The largest absolute Gasteiger partial charge is 0.492 e. The molecule has 0 aromatic heterocycles. The number of carbonyl (C=O) groups excluding carboxylic acids is 2. The van der Waals surface area contributed by atoms with E-state index in [4.69, 9.17) is 27.9 Å². The highest BCUT2D eigenvalue weighted by atomic mass is 35.5. The zero-order valence-corrected chi connectivity index (χ0v) is 19.4. The highest BCUT2D eigenvalue weighted by Gasteiger charge is 2.14. The molecule has 0 aliphatic heterocycles. The third-order valence-electron chi connectivity index (χ3n) is 4.91. The second-order valence-electron chi connectivity index (χ2n) is 7.37. The fourth-order valence-electron chi connectivity index (χ4n) is 3.03. The van der Waals surface area contributed by atoms with Crippen LogP contribution in [0, 0.1) is 13.8 Å². The Morgan fingerprint density at radius 2 is 1.69 bits per heavy atom. The van der Waals surface area contributed by atoms with Gasteiger partial charge in [-0.1, -0.05) is 41.4 Å². The second-order valence-corrected chi connectivity index (χ2v) is 8.22. The Kier molecular flexibility index (Phi) is 8.14. The first kappa shape index (κ1) is 23.6. The SMILES string of the molecule is Cc1ccc(NC(=O)c2ccccc2NC(=O)CCCOc2ccc(Cl)cc2Cl)cc1C. The molecule has 3 aromatic carbocycles. The molecule has 0 fully saturated rings. The fraction of sp³-hybridized carbons (Fsp3) is 0.200. The predicted octanol–water partition coefficient (Wildman–Crippen LogP) is 6.66. The molecule has 7 heteroatoms. The fourth-order valence-corrected chi connectivity index (χ4v) is 3.49. The van der Waals surface area contributed by atoms with Crippen LogP contribution in [0.5, 0.6) is 5.75 Å². The first-order valence-corrected chi connectivity index (χ1v) is 10.9. The minimum atomic E-state index is -0.287. The average Bonchev–Trinajstić information content (AvgIpc) is 2.75. The number of benzene rings is 3. The molecule has 3 aromatic rings. The lowest BCUT2D eigenvalue weighted by atomic mass is 10.1. The number of anilines is 2. The van der Waals surface area contributed by atoms with Crippen LogP contribution in [0.3, 0.4) is 0 Å². The molecule has 2 N–H and O–H groups in total. The summed E-state index contributed by atoms with van der Waals surface area (Å²) in [6.45, 7) is 4.33. The van der Waals surface area contributed by atoms with Crippen LogP contribution in [0.1, 0.15) is 34.3 Å². The highest BCUT2D eigenvalue weighted by Crippen LogP contribution is 2.27. The van der Waals surface area contributed by atoms with Crippen LogP contribution in [0.25, 0.3) is 0 Å². The van der Waals surface area contributed by atoms with Gasteiger partial charge in [0.25, 0.3) is 5.91 Å². The van der Waals surface area contributed by atoms with E-state index in [1.165, 1.54) is 0 Å². The van der Waals surface area contributed by atoms with Gasteiger partial charge in [-0.25, -0.2) is 0 Å². The van der Waals surface area contributed by atoms with Crippen LogP contribution in [-0.2, 0) is 4.79 Å². The Morgan fingerprint density at radius 1 is 0.906 bits per heavy atom. The number of carbonyl (C=O) groups is 2. The van der Waals surface area contributed by atoms with Crippen LogP contribution in [0.2, 0.25) is 10.0 Å². The minimum Gasteiger partial charge on any atom is -0.492 e. The Morgan fingerprint density at radius 3 is 2.44 bits per heavy atom. The van der Waals surface area contributed by atoms with Crippen molar-refractivity contribution in [2.75, 3.05) is 17.2 Å². The van der Waals surface area contributed by atoms with E-state index < -0.39 is 0 Å². The lowest BCUT2D eigenvalue weighted by molar-refractivity contribution is -0.116. The number of nitrogens with one attached hydrogen (secondary N) is 2. The molecule has 0 aliphatic carbocycles. The summed E-state index contributed by atoms with van der Waals surface area (Å²) < 4.78 is 5.60. The van der Waals surface area contributed by atoms with Gasteiger partial charge < -0.3 is 15.4 Å². The third kappa shape index (κ3) is 6.49. The van der Waals surface area contributed by atoms with E-state index in [0.717, 1.165) is 11.1 Å². The summed E-state index contributed by atoms with van der Waals surface area (Å²) in [7, 11) is 0. The maximum atomic E-state index is 12.8. The normalized spacial score (nSPS) is 10.5. The van der Waals surface area contributed by atoms with E-state index >= 15 is 0 Å². The molecular weight excluding hydrogens is 447 g/mol. The molecule has 0 aliphatic rings. The predicted molar refractivity (Wildman–Crippen MR) is 130 cm³/mol. The molecule has 0 bridgehead atoms. The molecule has 3 rings (SSSR count). The van der Waals surface area contributed by atoms with Crippen molar-refractivity contribution in [1.82, 2.24) is 0 Å². The number of ether oxygens (including phenoxy) is 1. The van der Waals surface area contributed by atoms with Crippen molar-refractivity contribution in [2.45, 2.75) is 26.7 Å². The lowest BCUT2D eigenvalue weighted by Gasteiger charge is -2.12. The van der Waals surface area contributed by atoms with E-state index in [1.54, 1.807) is 42.5 Å². The standard InChI is InChI=1S/C25H24Cl2N2O3/c1-16-9-11-19(14-17(16)2)28-25(31)20-6-3-4-7-22(20)29-24(30)8-5-13-32-23-12-10-18(26)15-21(23)27/h3-4,6-7,9-12,14-15H,5,8,13H2,1-2H3,(H,28,31)(H,29,30). The molecule has 32 heavy (non-hydrogen) atoms. The number of aryl methyl sites for hydroxylation is 2. The molecule has 0 unspecified atom stereocenters. The topological polar surface area (TPSA) is 67.4 Å². The first-order valence-electron chi connectivity index (χ1n) is 10.2. The molecule has 0 spiro atoms. The monoisotopic (exact) mass is 470 g/mol. The Hall–Kier alpha value is -3.02. The Labute approximate surface area is 197 Å². The maximum Gasteiger partial charge on any atom is 0.257 e. The van der Waals surface area contributed by atoms with E-state index in [-0.39, 0.29) is 18.2 Å². The van der Waals surface area contributed by atoms with Crippen LogP contribution >= 0.6 is 23.2 Å². The van der Waals surface area contributed by atoms with Gasteiger partial charge in [0.2, 0.25) is 5.91 Å². The summed E-state index contributed by atoms with van der Waals surface area (Å²) in [5.74, 6) is 0.0249. The van der Waals surface area contributed by atoms with E-state index in [9.17, 15) is 9.59 Å². The van der Waals surface area contributed by atoms with Crippen LogP contribution in [0.15, 0.2) is 60.7 Å². The summed E-state index contributed by atoms with van der Waals surface area (Å²) in [6.07, 6.45) is 0.722. The van der Waals surface area contributed by atoms with Gasteiger partial charge in [-0.15, -0.1) is 0 Å². The van der Waals surface area contributed by atoms with Crippen LogP contribution in [-0.4, -0.2) is 18.4 Å². The molecule has 166 valence electrons. The van der Waals surface area contributed by atoms with Gasteiger partial charge >= 0.3 is 0 Å². The maximum absolute atomic E-state index is 12.8. The molecular formula is C25H24Cl2N2O3. The van der Waals surface area contributed by atoms with E-state index in [0.29, 0.717) is 45.8 Å². The van der Waals surface area contributed by atoms with Gasteiger partial charge in [0.1, 0.15) is 5.75 Å². The Bertz CT molecular complexity index is 1130. The number of amides is 2. The van der Waals surface area contributed by atoms with Gasteiger partial charge in [-0.2, -0.15) is 0 Å². The van der Waals surface area contributed by atoms with Crippen molar-refractivity contribution in [2.24, 2.45) is 0 Å². The minimum absolute atomic E-state index is 0.206. The van der Waals surface area contributed by atoms with Crippen molar-refractivity contribution in [3.05, 3.63) is 87.4 Å². The lowest BCUT2D eigenvalue weighted by Crippen LogP contribution is -2.18. The number of halogens is 2. The Balaban J connectivity index is 1.54. The number of hydrogen-bond donors (Lipinski definition) is 2. The van der Waals surface area contributed by atoms with Crippen LogP contribution in [0.4, 0.5) is 11.4 Å². The van der Waals surface area contributed by atoms with Crippen molar-refractivity contribution in [3.63, 3.8) is 0 Å². The third-order valence-corrected chi connectivity index (χ3v) is 5.44. The summed E-state index contributed by atoms with van der Waals surface area (Å²) in [5.41, 5.74) is 3.80. The molecule has 5 nitrogen and oxygen atoms in total. The molecule has 0 heterocycles. The smallest absolute Gasteiger partial charge is 0.257 e. The van der Waals surface area contributed by atoms with Crippen molar-refractivity contribution in [1.29, 1.82) is 0 Å². The van der Waals surface area contributed by atoms with Gasteiger partial charge in [0.15, 0.2) is 0 Å². The highest BCUT2D eigenvalue weighted by molar-refractivity contribution is 6.35. The van der Waals surface area contributed by atoms with E-state index in [2.05, 4.69) is 10.6 Å². The quantitative estimate of drug-likeness (QED) is 0.361. The van der Waals surface area contributed by atoms with Crippen molar-refractivity contribution < 1.29 is 14.3 Å². The van der Waals surface area contributed by atoms with Crippen molar-refractivity contribution in [3.8, 4) is 5.75 Å². The van der Waals surface area contributed by atoms with Crippen molar-refractivity contribution >= 4 is 46.4 Å². The number of hydrogen-bond acceptors (Lipinski definition) is 3. The van der Waals surface area contributed by atoms with Gasteiger partial charge in [-0.05, 0) is 73.9 Å². The zero-order valence-electron chi connectivity index (χ0n) is 17.9. The number of para-hydroxylation sites is 1. The molecule has 0 atom stereocenters. The molecule has 0 saturated carbocycles. The summed E-state index contributed by atoms with van der Waals surface area (Å²) in [4.78, 5) is 25.2. The van der Waals surface area contributed by atoms with E-state index in [1.807, 2.05) is 32.0 Å². The van der Waals surface area contributed by atoms with Gasteiger partial charge in [0, 0.05) is 17.1 Å². The van der Waals surface area contributed by atoms with Crippen LogP contribution < -0.4 is 15.4 Å². The molecule has 0 saturated heterocycles. The molecule has 0 radical (unpaired) electrons. The van der Waals surface area contributed by atoms with Gasteiger partial charge in [0.05, 0.1) is 22.9 Å². The number of rotatable bonds is 8. The first-order chi connectivity index (χ1) is 15.3. The van der Waals surface area contributed by atoms with Gasteiger partial charge in [-0.3, -0.25) is 9.59 Å². The zero-order chi connectivity index (χ0) is 23.1. The molecule has 2 amide bonds. The summed E-state index contributed by atoms with van der Waals surface area (Å²) >= 11 is 11.9. The average molecular weight is 471 g/mol. The summed E-state index contributed by atoms with van der Waals surface area (Å²) in [6, 6.07) is 17.6. The summed E-state index contributed by atoms with van der Waals surface area (Å²) in [5, 5.41) is 6.66.